The Bertz CT molecular complexity index is 605. The molecule has 0 radical (unpaired) electrons. The lowest BCUT2D eigenvalue weighted by atomic mass is 9.78. The molecule has 3 fully saturated rings. The zero-order valence-electron chi connectivity index (χ0n) is 11.4. The molecule has 1 N–H and O–H groups in total. The number of aliphatic hydroxyl groups is 1. The molecule has 0 aromatic rings. The van der Waals surface area contributed by atoms with E-state index in [9.17, 15) is 14.7 Å². The smallest absolute Gasteiger partial charge is 0.334 e. The third-order valence-corrected chi connectivity index (χ3v) is 5.39. The standard InChI is InChI=1S/C15H16O5/c1-6-4-9(17)15-11(6)12-10(7(2)13(18)19-12)8(16)5-14(15,3)20-15/h4,8,10-12,16H,2,5H2,1,3H3/t8-,10+,11+,12-,14-,15+/m0/s1. The van der Waals surface area contributed by atoms with Crippen molar-refractivity contribution in [2.24, 2.45) is 11.8 Å². The minimum absolute atomic E-state index is 0.0797. The molecular weight excluding hydrogens is 260 g/mol. The Morgan fingerprint density at radius 3 is 2.85 bits per heavy atom. The molecule has 5 heteroatoms. The molecule has 0 bridgehead atoms. The van der Waals surface area contributed by atoms with Crippen LogP contribution in [0.25, 0.3) is 0 Å². The Morgan fingerprint density at radius 1 is 1.45 bits per heavy atom. The monoisotopic (exact) mass is 276 g/mol. The average Bonchev–Trinajstić information content (AvgIpc) is 2.73. The molecule has 4 aliphatic rings. The fraction of sp³-hybridized carbons (Fsp3) is 0.600. The van der Waals surface area contributed by atoms with Gasteiger partial charge in [0, 0.05) is 12.0 Å². The van der Waals surface area contributed by atoms with Gasteiger partial charge in [0.1, 0.15) is 11.7 Å². The highest BCUT2D eigenvalue weighted by molar-refractivity contribution is 6.05. The van der Waals surface area contributed by atoms with Gasteiger partial charge in [0.25, 0.3) is 0 Å². The zero-order valence-corrected chi connectivity index (χ0v) is 11.4. The van der Waals surface area contributed by atoms with Gasteiger partial charge in [-0.15, -0.1) is 0 Å². The van der Waals surface area contributed by atoms with E-state index in [0.717, 1.165) is 5.57 Å². The van der Waals surface area contributed by atoms with Crippen LogP contribution in [0.2, 0.25) is 0 Å². The Morgan fingerprint density at radius 2 is 2.15 bits per heavy atom. The molecule has 0 aromatic carbocycles. The summed E-state index contributed by atoms with van der Waals surface area (Å²) >= 11 is 0. The number of fused-ring (bicyclic) bond motifs is 2. The quantitative estimate of drug-likeness (QED) is 0.396. The maximum absolute atomic E-state index is 12.4. The van der Waals surface area contributed by atoms with Gasteiger partial charge >= 0.3 is 5.97 Å². The number of ketones is 1. The fourth-order valence-corrected chi connectivity index (χ4v) is 4.45. The van der Waals surface area contributed by atoms with E-state index in [1.165, 1.54) is 0 Å². The molecule has 106 valence electrons. The summed E-state index contributed by atoms with van der Waals surface area (Å²) in [7, 11) is 0. The van der Waals surface area contributed by atoms with E-state index in [4.69, 9.17) is 9.47 Å². The fourth-order valence-electron chi connectivity index (χ4n) is 4.45. The highest BCUT2D eigenvalue weighted by Gasteiger charge is 2.81. The van der Waals surface area contributed by atoms with Gasteiger partial charge in [0.15, 0.2) is 11.4 Å². The van der Waals surface area contributed by atoms with Crippen LogP contribution >= 0.6 is 0 Å². The lowest BCUT2D eigenvalue weighted by molar-refractivity contribution is -0.143. The van der Waals surface area contributed by atoms with Gasteiger partial charge in [0.2, 0.25) is 0 Å². The first-order chi connectivity index (χ1) is 9.32. The van der Waals surface area contributed by atoms with Crippen molar-refractivity contribution in [2.75, 3.05) is 0 Å². The van der Waals surface area contributed by atoms with Gasteiger partial charge in [-0.3, -0.25) is 4.79 Å². The van der Waals surface area contributed by atoms with Crippen molar-refractivity contribution in [1.82, 2.24) is 0 Å². The SMILES string of the molecule is C=C1C(=O)O[C@H]2[C@H]1[C@@H](O)C[C@]1(C)O[C@@]13C(=O)C=C(C)[C@H]23. The largest absolute Gasteiger partial charge is 0.457 e. The normalized spacial score (nSPS) is 52.8. The molecule has 4 rings (SSSR count). The van der Waals surface area contributed by atoms with Gasteiger partial charge in [-0.1, -0.05) is 12.2 Å². The van der Waals surface area contributed by atoms with Crippen molar-refractivity contribution in [1.29, 1.82) is 0 Å². The van der Waals surface area contributed by atoms with Gasteiger partial charge in [-0.05, 0) is 19.9 Å². The van der Waals surface area contributed by atoms with E-state index >= 15 is 0 Å². The average molecular weight is 276 g/mol. The summed E-state index contributed by atoms with van der Waals surface area (Å²) in [5.74, 6) is -1.33. The van der Waals surface area contributed by atoms with Crippen LogP contribution in [0.1, 0.15) is 20.3 Å². The Kier molecular flexibility index (Phi) is 1.99. The minimum atomic E-state index is -0.956. The molecule has 6 atom stereocenters. The number of ether oxygens (including phenoxy) is 2. The predicted molar refractivity (Wildman–Crippen MR) is 67.6 cm³/mol. The summed E-state index contributed by atoms with van der Waals surface area (Å²) < 4.78 is 11.2. The second-order valence-corrected chi connectivity index (χ2v) is 6.49. The van der Waals surface area contributed by atoms with Crippen LogP contribution in [-0.4, -0.2) is 40.3 Å². The molecule has 2 heterocycles. The summed E-state index contributed by atoms with van der Waals surface area (Å²) in [5.41, 5.74) is -0.484. The van der Waals surface area contributed by atoms with E-state index < -0.39 is 35.3 Å². The van der Waals surface area contributed by atoms with E-state index in [0.29, 0.717) is 12.0 Å². The second-order valence-electron chi connectivity index (χ2n) is 6.49. The second kappa shape index (κ2) is 3.23. The van der Waals surface area contributed by atoms with Crippen LogP contribution in [0.5, 0.6) is 0 Å². The van der Waals surface area contributed by atoms with E-state index in [1.807, 2.05) is 13.8 Å². The first-order valence-electron chi connectivity index (χ1n) is 6.82. The van der Waals surface area contributed by atoms with Crippen molar-refractivity contribution in [3.63, 3.8) is 0 Å². The number of carbonyl (C=O) groups is 2. The van der Waals surface area contributed by atoms with Crippen LogP contribution in [0.4, 0.5) is 0 Å². The minimum Gasteiger partial charge on any atom is -0.457 e. The zero-order chi connectivity index (χ0) is 14.4. The lowest BCUT2D eigenvalue weighted by Gasteiger charge is -2.27. The third kappa shape index (κ3) is 1.09. The van der Waals surface area contributed by atoms with Gasteiger partial charge in [-0.25, -0.2) is 4.79 Å². The van der Waals surface area contributed by atoms with Crippen LogP contribution < -0.4 is 0 Å². The molecule has 2 aliphatic heterocycles. The number of hydrogen-bond acceptors (Lipinski definition) is 5. The Labute approximate surface area is 116 Å². The van der Waals surface area contributed by atoms with Crippen molar-refractivity contribution in [2.45, 2.75) is 43.7 Å². The first-order valence-corrected chi connectivity index (χ1v) is 6.82. The highest BCUT2D eigenvalue weighted by atomic mass is 16.6. The van der Waals surface area contributed by atoms with Crippen LogP contribution in [-0.2, 0) is 19.1 Å². The number of hydrogen-bond donors (Lipinski definition) is 1. The highest BCUT2D eigenvalue weighted by Crippen LogP contribution is 2.65. The van der Waals surface area contributed by atoms with Crippen molar-refractivity contribution in [3.8, 4) is 0 Å². The van der Waals surface area contributed by atoms with E-state index in [1.54, 1.807) is 6.08 Å². The molecule has 2 aliphatic carbocycles. The maximum atomic E-state index is 12.4. The van der Waals surface area contributed by atoms with Crippen LogP contribution in [0.3, 0.4) is 0 Å². The van der Waals surface area contributed by atoms with E-state index in [2.05, 4.69) is 6.58 Å². The number of rotatable bonds is 0. The number of aliphatic hydroxyl groups excluding tert-OH is 1. The topological polar surface area (TPSA) is 76.1 Å². The van der Waals surface area contributed by atoms with Gasteiger partial charge in [0.05, 0.1) is 17.9 Å². The third-order valence-electron chi connectivity index (χ3n) is 5.39. The molecule has 0 aromatic heterocycles. The predicted octanol–water partition coefficient (Wildman–Crippen LogP) is 0.522. The lowest BCUT2D eigenvalue weighted by Crippen LogP contribution is -2.41. The first kappa shape index (κ1) is 12.3. The van der Waals surface area contributed by atoms with Gasteiger partial charge in [-0.2, -0.15) is 0 Å². The summed E-state index contributed by atoms with van der Waals surface area (Å²) in [5, 5.41) is 10.4. The molecule has 1 spiro atoms. The van der Waals surface area contributed by atoms with Crippen molar-refractivity contribution < 1.29 is 24.2 Å². The summed E-state index contributed by atoms with van der Waals surface area (Å²) in [6, 6.07) is 0. The number of epoxide rings is 1. The molecular formula is C15H16O5. The summed E-state index contributed by atoms with van der Waals surface area (Å²) in [4.78, 5) is 24.1. The van der Waals surface area contributed by atoms with Crippen LogP contribution in [0, 0.1) is 11.8 Å². The molecule has 2 saturated heterocycles. The maximum Gasteiger partial charge on any atom is 0.334 e. The van der Waals surface area contributed by atoms with Crippen LogP contribution in [0.15, 0.2) is 23.8 Å². The Hall–Kier alpha value is -1.46. The van der Waals surface area contributed by atoms with E-state index in [-0.39, 0.29) is 11.7 Å². The van der Waals surface area contributed by atoms with Crippen molar-refractivity contribution >= 4 is 11.8 Å². The molecule has 5 nitrogen and oxygen atoms in total. The number of carbonyl (C=O) groups excluding carboxylic acids is 2. The van der Waals surface area contributed by atoms with Gasteiger partial charge < -0.3 is 14.6 Å². The summed E-state index contributed by atoms with van der Waals surface area (Å²) in [6.45, 7) is 7.45. The summed E-state index contributed by atoms with van der Waals surface area (Å²) in [6.07, 6.45) is 0.554. The molecule has 0 unspecified atom stereocenters. The molecule has 0 amide bonds. The Balaban J connectivity index is 1.88. The molecule has 20 heavy (non-hydrogen) atoms. The number of esters is 1. The van der Waals surface area contributed by atoms with Crippen molar-refractivity contribution in [3.05, 3.63) is 23.8 Å². The molecule has 1 saturated carbocycles.